The van der Waals surface area contributed by atoms with Crippen LogP contribution in [-0.4, -0.2) is 36.4 Å². The summed E-state index contributed by atoms with van der Waals surface area (Å²) in [6.45, 7) is 0.226. The van der Waals surface area contributed by atoms with Crippen molar-refractivity contribution >= 4 is 28.9 Å². The first kappa shape index (κ1) is 18.8. The number of nitro groups is 1. The fraction of sp³-hybridized carbons (Fsp3) is 0.235. The molecule has 25 heavy (non-hydrogen) atoms. The number of amides is 1. The number of nitro benzene ring substituents is 1. The van der Waals surface area contributed by atoms with Crippen molar-refractivity contribution in [3.05, 3.63) is 69.0 Å². The summed E-state index contributed by atoms with van der Waals surface area (Å²) in [7, 11) is 3.26. The molecule has 2 aromatic rings. The van der Waals surface area contributed by atoms with Gasteiger partial charge in [0.2, 0.25) is 5.91 Å². The number of carbonyl (C=O) groups excluding carboxylic acids is 1. The number of hydrogen-bond donors (Lipinski definition) is 0. The molecule has 0 atom stereocenters. The van der Waals surface area contributed by atoms with Gasteiger partial charge in [0.05, 0.1) is 11.5 Å². The first-order chi connectivity index (χ1) is 11.8. The average Bonchev–Trinajstić information content (AvgIpc) is 2.57. The highest BCUT2D eigenvalue weighted by Gasteiger charge is 2.17. The Labute approximate surface area is 149 Å². The van der Waals surface area contributed by atoms with Gasteiger partial charge in [0.15, 0.2) is 0 Å². The number of nitrogens with zero attached hydrogens (tertiary/aromatic N) is 3. The van der Waals surface area contributed by atoms with Crippen LogP contribution in [0, 0.1) is 15.9 Å². The predicted octanol–water partition coefficient (Wildman–Crippen LogP) is 3.48. The van der Waals surface area contributed by atoms with Gasteiger partial charge in [0, 0.05) is 42.0 Å². The smallest absolute Gasteiger partial charge is 0.269 e. The molecule has 0 aliphatic heterocycles. The van der Waals surface area contributed by atoms with Crippen molar-refractivity contribution < 1.29 is 14.1 Å². The summed E-state index contributed by atoms with van der Waals surface area (Å²) in [4.78, 5) is 25.6. The third kappa shape index (κ3) is 4.74. The number of non-ortho nitro benzene ring substituents is 1. The highest BCUT2D eigenvalue weighted by molar-refractivity contribution is 6.31. The van der Waals surface area contributed by atoms with E-state index in [1.165, 1.54) is 41.3 Å². The topological polar surface area (TPSA) is 66.7 Å². The molecule has 0 heterocycles. The first-order valence-corrected chi connectivity index (χ1v) is 7.80. The molecule has 0 saturated heterocycles. The molecule has 0 radical (unpaired) electrons. The Morgan fingerprint density at radius 1 is 1.20 bits per heavy atom. The lowest BCUT2D eigenvalue weighted by atomic mass is 10.2. The number of anilines is 1. The molecule has 0 spiro atoms. The number of carbonyl (C=O) groups is 1. The van der Waals surface area contributed by atoms with Crippen molar-refractivity contribution in [2.24, 2.45) is 0 Å². The van der Waals surface area contributed by atoms with Crippen molar-refractivity contribution in [2.45, 2.75) is 6.54 Å². The van der Waals surface area contributed by atoms with Gasteiger partial charge in [0.1, 0.15) is 5.82 Å². The third-order valence-corrected chi connectivity index (χ3v) is 4.07. The number of benzene rings is 2. The second-order valence-corrected chi connectivity index (χ2v) is 6.01. The molecular weight excluding hydrogens is 349 g/mol. The minimum atomic E-state index is -0.502. The lowest BCUT2D eigenvalue weighted by Gasteiger charge is -2.22. The van der Waals surface area contributed by atoms with Gasteiger partial charge in [-0.15, -0.1) is 0 Å². The minimum Gasteiger partial charge on any atom is -0.314 e. The van der Waals surface area contributed by atoms with E-state index in [-0.39, 0.29) is 24.7 Å². The van der Waals surface area contributed by atoms with E-state index < -0.39 is 10.7 Å². The van der Waals surface area contributed by atoms with E-state index in [9.17, 15) is 19.3 Å². The van der Waals surface area contributed by atoms with Gasteiger partial charge in [0.25, 0.3) is 5.69 Å². The second-order valence-electron chi connectivity index (χ2n) is 5.60. The van der Waals surface area contributed by atoms with Crippen LogP contribution in [0.3, 0.4) is 0 Å². The van der Waals surface area contributed by atoms with Crippen molar-refractivity contribution in [3.8, 4) is 0 Å². The Kier molecular flexibility index (Phi) is 6.06. The van der Waals surface area contributed by atoms with Gasteiger partial charge < -0.3 is 4.90 Å². The Hall–Kier alpha value is -2.51. The zero-order valence-corrected chi connectivity index (χ0v) is 14.5. The second kappa shape index (κ2) is 8.04. The molecule has 1 amide bonds. The predicted molar refractivity (Wildman–Crippen MR) is 94.3 cm³/mol. The molecule has 0 aliphatic rings. The van der Waals surface area contributed by atoms with E-state index in [0.717, 1.165) is 0 Å². The van der Waals surface area contributed by atoms with Crippen LogP contribution >= 0.6 is 11.6 Å². The van der Waals surface area contributed by atoms with E-state index in [1.54, 1.807) is 25.1 Å². The highest BCUT2D eigenvalue weighted by Crippen LogP contribution is 2.21. The SMILES string of the molecule is CN(CC(=O)N(C)c1ccc([N+](=O)[O-])cc1)Cc1c(F)cccc1Cl. The Bertz CT molecular complexity index is 763. The maximum absolute atomic E-state index is 13.8. The fourth-order valence-electron chi connectivity index (χ4n) is 2.29. The van der Waals surface area contributed by atoms with Crippen LogP contribution in [0.15, 0.2) is 42.5 Å². The van der Waals surface area contributed by atoms with Crippen LogP contribution in [0.2, 0.25) is 5.02 Å². The summed E-state index contributed by atoms with van der Waals surface area (Å²) >= 11 is 5.99. The van der Waals surface area contributed by atoms with E-state index in [2.05, 4.69) is 0 Å². The Morgan fingerprint density at radius 3 is 2.40 bits per heavy atom. The quantitative estimate of drug-likeness (QED) is 0.580. The van der Waals surface area contributed by atoms with Gasteiger partial charge in [-0.2, -0.15) is 0 Å². The lowest BCUT2D eigenvalue weighted by molar-refractivity contribution is -0.384. The Morgan fingerprint density at radius 2 is 1.84 bits per heavy atom. The van der Waals surface area contributed by atoms with Gasteiger partial charge in [-0.3, -0.25) is 19.8 Å². The molecule has 2 aromatic carbocycles. The largest absolute Gasteiger partial charge is 0.314 e. The molecule has 0 aromatic heterocycles. The molecule has 2 rings (SSSR count). The summed E-state index contributed by atoms with van der Waals surface area (Å²) in [5, 5.41) is 11.0. The van der Waals surface area contributed by atoms with E-state index >= 15 is 0 Å². The summed E-state index contributed by atoms with van der Waals surface area (Å²) in [5.41, 5.74) is 0.821. The minimum absolute atomic E-state index is 0.0398. The summed E-state index contributed by atoms with van der Waals surface area (Å²) in [6.07, 6.45) is 0. The maximum atomic E-state index is 13.8. The number of hydrogen-bond acceptors (Lipinski definition) is 4. The van der Waals surface area contributed by atoms with Gasteiger partial charge in [-0.1, -0.05) is 17.7 Å². The average molecular weight is 366 g/mol. The maximum Gasteiger partial charge on any atom is 0.269 e. The van der Waals surface area contributed by atoms with Crippen LogP contribution in [0.1, 0.15) is 5.56 Å². The van der Waals surface area contributed by atoms with E-state index in [4.69, 9.17) is 11.6 Å². The van der Waals surface area contributed by atoms with Crippen molar-refractivity contribution in [1.29, 1.82) is 0 Å². The third-order valence-electron chi connectivity index (χ3n) is 3.72. The van der Waals surface area contributed by atoms with Crippen molar-refractivity contribution in [2.75, 3.05) is 25.5 Å². The summed E-state index contributed by atoms with van der Waals surface area (Å²) < 4.78 is 13.8. The van der Waals surface area contributed by atoms with E-state index in [1.807, 2.05) is 0 Å². The Balaban J connectivity index is 2.01. The molecule has 0 N–H and O–H groups in total. The van der Waals surface area contributed by atoms with Crippen LogP contribution in [0.5, 0.6) is 0 Å². The standard InChI is InChI=1S/C17H17ClFN3O3/c1-20(10-14-15(18)4-3-5-16(14)19)11-17(23)21(2)12-6-8-13(9-7-12)22(24)25/h3-9H,10-11H2,1-2H3. The molecule has 0 aliphatic carbocycles. The molecule has 0 unspecified atom stereocenters. The van der Waals surface area contributed by atoms with Gasteiger partial charge in [-0.05, 0) is 31.3 Å². The molecular formula is C17H17ClFN3O3. The summed E-state index contributed by atoms with van der Waals surface area (Å²) in [5.74, 6) is -0.653. The van der Waals surface area contributed by atoms with Crippen molar-refractivity contribution in [1.82, 2.24) is 4.90 Å². The van der Waals surface area contributed by atoms with Crippen LogP contribution in [0.25, 0.3) is 0 Å². The molecule has 0 bridgehead atoms. The zero-order chi connectivity index (χ0) is 18.6. The molecule has 0 fully saturated rings. The van der Waals surface area contributed by atoms with Gasteiger partial charge >= 0.3 is 0 Å². The molecule has 132 valence electrons. The fourth-order valence-corrected chi connectivity index (χ4v) is 2.51. The van der Waals surface area contributed by atoms with Crippen LogP contribution in [-0.2, 0) is 11.3 Å². The summed E-state index contributed by atoms with van der Waals surface area (Å²) in [6, 6.07) is 10.1. The zero-order valence-electron chi connectivity index (χ0n) is 13.8. The van der Waals surface area contributed by atoms with Crippen molar-refractivity contribution in [3.63, 3.8) is 0 Å². The monoisotopic (exact) mass is 365 g/mol. The molecule has 6 nitrogen and oxygen atoms in total. The van der Waals surface area contributed by atoms with Crippen LogP contribution < -0.4 is 4.90 Å². The lowest BCUT2D eigenvalue weighted by Crippen LogP contribution is -2.36. The number of likely N-dealkylation sites (N-methyl/N-ethyl adjacent to an activating group) is 2. The highest BCUT2D eigenvalue weighted by atomic mass is 35.5. The van der Waals surface area contributed by atoms with E-state index in [0.29, 0.717) is 16.3 Å². The van der Waals surface area contributed by atoms with Gasteiger partial charge in [-0.25, -0.2) is 4.39 Å². The first-order valence-electron chi connectivity index (χ1n) is 7.42. The molecule has 0 saturated carbocycles. The normalized spacial score (nSPS) is 10.8. The number of halogens is 2. The number of rotatable bonds is 6. The molecule has 8 heteroatoms. The van der Waals surface area contributed by atoms with Crippen LogP contribution in [0.4, 0.5) is 15.8 Å².